The summed E-state index contributed by atoms with van der Waals surface area (Å²) in [4.78, 5) is 15.5. The van der Waals surface area contributed by atoms with Crippen LogP contribution in [0.25, 0.3) is 10.8 Å². The topological polar surface area (TPSA) is 72.4 Å². The van der Waals surface area contributed by atoms with E-state index in [0.717, 1.165) is 16.2 Å². The maximum Gasteiger partial charge on any atom is 0.277 e. The molecule has 0 saturated heterocycles. The van der Waals surface area contributed by atoms with Crippen molar-refractivity contribution in [3.63, 3.8) is 0 Å². The standard InChI is InChI=1S/C20H17N3O3S2/c24-18(14-28-20-22-21-19(26-20)17-9-5-11-27-17)23(13-16-8-4-10-25-16)12-15-6-2-1-3-7-15/h1-11H,12-14H2. The summed E-state index contributed by atoms with van der Waals surface area (Å²) >= 11 is 2.77. The fourth-order valence-electron chi connectivity index (χ4n) is 2.61. The van der Waals surface area contributed by atoms with Crippen molar-refractivity contribution in [2.24, 2.45) is 0 Å². The van der Waals surface area contributed by atoms with Gasteiger partial charge in [0, 0.05) is 6.54 Å². The highest BCUT2D eigenvalue weighted by molar-refractivity contribution is 7.99. The van der Waals surface area contributed by atoms with Crippen molar-refractivity contribution in [1.29, 1.82) is 0 Å². The summed E-state index contributed by atoms with van der Waals surface area (Å²) in [7, 11) is 0. The quantitative estimate of drug-likeness (QED) is 0.391. The third-order valence-corrected chi connectivity index (χ3v) is 5.61. The molecule has 4 rings (SSSR count). The van der Waals surface area contributed by atoms with Crippen LogP contribution in [0.4, 0.5) is 0 Å². The molecule has 0 N–H and O–H groups in total. The second-order valence-electron chi connectivity index (χ2n) is 5.95. The van der Waals surface area contributed by atoms with Crippen molar-refractivity contribution in [1.82, 2.24) is 15.1 Å². The van der Waals surface area contributed by atoms with E-state index < -0.39 is 0 Å². The summed E-state index contributed by atoms with van der Waals surface area (Å²) in [6.45, 7) is 0.913. The predicted molar refractivity (Wildman–Crippen MR) is 108 cm³/mol. The van der Waals surface area contributed by atoms with Gasteiger partial charge in [0.05, 0.1) is 23.4 Å². The zero-order valence-electron chi connectivity index (χ0n) is 14.9. The minimum absolute atomic E-state index is 0.0267. The molecule has 3 aromatic heterocycles. The predicted octanol–water partition coefficient (Wildman–Crippen LogP) is 4.71. The molecule has 0 aliphatic rings. The molecule has 6 nitrogen and oxygen atoms in total. The van der Waals surface area contributed by atoms with E-state index in [0.29, 0.717) is 24.2 Å². The van der Waals surface area contributed by atoms with Crippen LogP contribution in [0.1, 0.15) is 11.3 Å². The molecule has 1 aromatic carbocycles. The molecule has 3 heterocycles. The molecule has 4 aromatic rings. The first-order valence-corrected chi connectivity index (χ1v) is 10.5. The molecule has 0 bridgehead atoms. The van der Waals surface area contributed by atoms with Gasteiger partial charge in [0.25, 0.3) is 11.1 Å². The zero-order chi connectivity index (χ0) is 19.2. The number of nitrogens with zero attached hydrogens (tertiary/aromatic N) is 3. The lowest BCUT2D eigenvalue weighted by atomic mass is 10.2. The molecule has 0 fully saturated rings. The van der Waals surface area contributed by atoms with Gasteiger partial charge in [0.1, 0.15) is 5.76 Å². The second kappa shape index (κ2) is 8.90. The highest BCUT2D eigenvalue weighted by atomic mass is 32.2. The zero-order valence-corrected chi connectivity index (χ0v) is 16.5. The van der Waals surface area contributed by atoms with Crippen molar-refractivity contribution in [2.75, 3.05) is 5.75 Å². The van der Waals surface area contributed by atoms with E-state index >= 15 is 0 Å². The molecule has 0 aliphatic carbocycles. The Labute approximate surface area is 170 Å². The van der Waals surface area contributed by atoms with Crippen molar-refractivity contribution in [3.8, 4) is 10.8 Å². The number of rotatable bonds is 8. The van der Waals surface area contributed by atoms with Gasteiger partial charge in [-0.25, -0.2) is 0 Å². The van der Waals surface area contributed by atoms with Crippen LogP contribution in [0.15, 0.2) is 80.3 Å². The number of furan rings is 1. The average Bonchev–Trinajstić information content (AvgIpc) is 3.48. The van der Waals surface area contributed by atoms with E-state index in [2.05, 4.69) is 10.2 Å². The van der Waals surface area contributed by atoms with Crippen LogP contribution in [0.5, 0.6) is 0 Å². The molecule has 28 heavy (non-hydrogen) atoms. The largest absolute Gasteiger partial charge is 0.467 e. The van der Waals surface area contributed by atoms with Crippen molar-refractivity contribution in [3.05, 3.63) is 77.6 Å². The maximum atomic E-state index is 12.9. The van der Waals surface area contributed by atoms with Crippen LogP contribution in [-0.4, -0.2) is 26.8 Å². The minimum Gasteiger partial charge on any atom is -0.467 e. The second-order valence-corrected chi connectivity index (χ2v) is 7.83. The van der Waals surface area contributed by atoms with Gasteiger partial charge in [-0.3, -0.25) is 4.79 Å². The Balaban J connectivity index is 1.41. The van der Waals surface area contributed by atoms with Crippen molar-refractivity contribution >= 4 is 29.0 Å². The summed E-state index contributed by atoms with van der Waals surface area (Å²) in [5, 5.41) is 10.4. The molecule has 142 valence electrons. The number of amides is 1. The van der Waals surface area contributed by atoms with E-state index in [1.807, 2.05) is 60.0 Å². The maximum absolute atomic E-state index is 12.9. The number of aromatic nitrogens is 2. The first kappa shape index (κ1) is 18.5. The third-order valence-electron chi connectivity index (χ3n) is 3.95. The molecular formula is C20H17N3O3S2. The normalized spacial score (nSPS) is 10.9. The molecular weight excluding hydrogens is 394 g/mol. The molecule has 1 amide bonds. The molecule has 0 saturated carbocycles. The van der Waals surface area contributed by atoms with Gasteiger partial charge >= 0.3 is 0 Å². The highest BCUT2D eigenvalue weighted by Crippen LogP contribution is 2.26. The molecule has 0 aliphatic heterocycles. The average molecular weight is 412 g/mol. The number of carbonyl (C=O) groups is 1. The number of benzene rings is 1. The van der Waals surface area contributed by atoms with Crippen LogP contribution >= 0.6 is 23.1 Å². The van der Waals surface area contributed by atoms with Gasteiger partial charge in [-0.1, -0.05) is 48.2 Å². The summed E-state index contributed by atoms with van der Waals surface area (Å²) < 4.78 is 11.1. The first-order valence-electron chi connectivity index (χ1n) is 8.62. The fraction of sp³-hybridized carbons (Fsp3) is 0.150. The summed E-state index contributed by atoms with van der Waals surface area (Å²) in [6, 6.07) is 17.4. The molecule has 0 spiro atoms. The van der Waals surface area contributed by atoms with Gasteiger partial charge in [-0.2, -0.15) is 0 Å². The van der Waals surface area contributed by atoms with Gasteiger partial charge in [-0.15, -0.1) is 21.5 Å². The van der Waals surface area contributed by atoms with E-state index in [-0.39, 0.29) is 11.7 Å². The van der Waals surface area contributed by atoms with Gasteiger partial charge in [0.15, 0.2) is 0 Å². The Morgan fingerprint density at radius 1 is 1.04 bits per heavy atom. The summed E-state index contributed by atoms with van der Waals surface area (Å²) in [5.74, 6) is 1.40. The fourth-order valence-corrected chi connectivity index (χ4v) is 3.92. The Hall–Kier alpha value is -2.84. The Bertz CT molecular complexity index is 999. The van der Waals surface area contributed by atoms with E-state index in [4.69, 9.17) is 8.83 Å². The van der Waals surface area contributed by atoms with E-state index in [1.165, 1.54) is 23.1 Å². The Morgan fingerprint density at radius 3 is 2.68 bits per heavy atom. The number of hydrogen-bond donors (Lipinski definition) is 0. The smallest absolute Gasteiger partial charge is 0.277 e. The van der Waals surface area contributed by atoms with E-state index in [1.54, 1.807) is 11.2 Å². The van der Waals surface area contributed by atoms with Crippen LogP contribution in [0, 0.1) is 0 Å². The van der Waals surface area contributed by atoms with Gasteiger partial charge in [-0.05, 0) is 29.1 Å². The summed E-state index contributed by atoms with van der Waals surface area (Å²) in [6.07, 6.45) is 1.61. The lowest BCUT2D eigenvalue weighted by molar-refractivity contribution is -0.129. The Morgan fingerprint density at radius 2 is 1.93 bits per heavy atom. The molecule has 8 heteroatoms. The van der Waals surface area contributed by atoms with Crippen molar-refractivity contribution in [2.45, 2.75) is 18.3 Å². The van der Waals surface area contributed by atoms with E-state index in [9.17, 15) is 4.79 Å². The van der Waals surface area contributed by atoms with Gasteiger partial charge in [0.2, 0.25) is 5.91 Å². The van der Waals surface area contributed by atoms with Crippen LogP contribution in [0.3, 0.4) is 0 Å². The number of carbonyl (C=O) groups excluding carboxylic acids is 1. The monoisotopic (exact) mass is 411 g/mol. The number of thioether (sulfide) groups is 1. The SMILES string of the molecule is O=C(CSc1nnc(-c2cccs2)o1)N(Cc1ccccc1)Cc1ccco1. The minimum atomic E-state index is -0.0267. The molecule has 0 atom stereocenters. The first-order chi connectivity index (χ1) is 13.8. The lowest BCUT2D eigenvalue weighted by Crippen LogP contribution is -2.31. The van der Waals surface area contributed by atoms with Crippen LogP contribution in [0.2, 0.25) is 0 Å². The Kier molecular flexibility index (Phi) is 5.89. The number of thiophene rings is 1. The van der Waals surface area contributed by atoms with Crippen LogP contribution in [-0.2, 0) is 17.9 Å². The highest BCUT2D eigenvalue weighted by Gasteiger charge is 2.18. The lowest BCUT2D eigenvalue weighted by Gasteiger charge is -2.21. The molecule has 0 radical (unpaired) electrons. The van der Waals surface area contributed by atoms with Crippen molar-refractivity contribution < 1.29 is 13.6 Å². The molecule has 0 unspecified atom stereocenters. The third kappa shape index (κ3) is 4.71. The number of hydrogen-bond acceptors (Lipinski definition) is 7. The van der Waals surface area contributed by atoms with Gasteiger partial charge < -0.3 is 13.7 Å². The summed E-state index contributed by atoms with van der Waals surface area (Å²) in [5.41, 5.74) is 1.06. The van der Waals surface area contributed by atoms with Crippen LogP contribution < -0.4 is 0 Å².